The number of aromatic amines is 1. The van der Waals surface area contributed by atoms with E-state index in [2.05, 4.69) is 32.3 Å². The third-order valence-corrected chi connectivity index (χ3v) is 3.82. The molecule has 0 aliphatic carbocycles. The van der Waals surface area contributed by atoms with Gasteiger partial charge in [0.05, 0.1) is 5.56 Å². The van der Waals surface area contributed by atoms with Gasteiger partial charge in [-0.25, -0.2) is 0 Å². The van der Waals surface area contributed by atoms with E-state index in [9.17, 15) is 4.79 Å². The minimum absolute atomic E-state index is 0.121. The number of nitrogens with one attached hydrogen (secondary N) is 2. The van der Waals surface area contributed by atoms with E-state index in [1.807, 2.05) is 43.3 Å². The van der Waals surface area contributed by atoms with Gasteiger partial charge >= 0.3 is 0 Å². The fourth-order valence-corrected chi connectivity index (χ4v) is 2.66. The molecule has 2 aromatic carbocycles. The number of hydrogen-bond acceptors (Lipinski definition) is 1. The first-order valence-electron chi connectivity index (χ1n) is 6.29. The molecule has 0 spiro atoms. The van der Waals surface area contributed by atoms with Gasteiger partial charge in [0.15, 0.2) is 0 Å². The van der Waals surface area contributed by atoms with Crippen LogP contribution in [0.15, 0.2) is 53.0 Å². The zero-order valence-corrected chi connectivity index (χ0v) is 12.5. The molecule has 0 saturated heterocycles. The molecule has 0 atom stereocenters. The summed E-state index contributed by atoms with van der Waals surface area (Å²) in [6.45, 7) is 2.01. The third kappa shape index (κ3) is 2.47. The van der Waals surface area contributed by atoms with Crippen molar-refractivity contribution in [3.05, 3.63) is 64.3 Å². The van der Waals surface area contributed by atoms with Gasteiger partial charge in [-0.15, -0.1) is 0 Å². The second kappa shape index (κ2) is 5.13. The maximum absolute atomic E-state index is 12.2. The van der Waals surface area contributed by atoms with Crippen LogP contribution in [-0.4, -0.2) is 10.9 Å². The zero-order chi connectivity index (χ0) is 14.1. The van der Waals surface area contributed by atoms with Crippen molar-refractivity contribution >= 4 is 38.4 Å². The Hall–Kier alpha value is -2.07. The number of H-pyrrole nitrogens is 1. The Labute approximate surface area is 125 Å². The SMILES string of the molecule is Cc1cc2cc(NC(=O)c3ccccc3Br)ccc2[nH]1. The molecule has 0 radical (unpaired) electrons. The normalized spacial score (nSPS) is 10.7. The summed E-state index contributed by atoms with van der Waals surface area (Å²) in [5.74, 6) is -0.121. The van der Waals surface area contributed by atoms with Gasteiger partial charge in [-0.05, 0) is 59.3 Å². The van der Waals surface area contributed by atoms with Crippen LogP contribution >= 0.6 is 15.9 Å². The summed E-state index contributed by atoms with van der Waals surface area (Å²) in [6.07, 6.45) is 0. The highest BCUT2D eigenvalue weighted by atomic mass is 79.9. The van der Waals surface area contributed by atoms with E-state index in [1.54, 1.807) is 6.07 Å². The van der Waals surface area contributed by atoms with Crippen LogP contribution in [0.1, 0.15) is 16.1 Å². The fraction of sp³-hybridized carbons (Fsp3) is 0.0625. The molecular formula is C16H13BrN2O. The number of anilines is 1. The summed E-state index contributed by atoms with van der Waals surface area (Å²) in [4.78, 5) is 15.5. The van der Waals surface area contributed by atoms with Crippen molar-refractivity contribution in [2.24, 2.45) is 0 Å². The van der Waals surface area contributed by atoms with E-state index >= 15 is 0 Å². The third-order valence-electron chi connectivity index (χ3n) is 3.13. The zero-order valence-electron chi connectivity index (χ0n) is 10.9. The lowest BCUT2D eigenvalue weighted by atomic mass is 10.2. The van der Waals surface area contributed by atoms with Crippen LogP contribution < -0.4 is 5.32 Å². The van der Waals surface area contributed by atoms with E-state index < -0.39 is 0 Å². The van der Waals surface area contributed by atoms with Crippen LogP contribution in [0.25, 0.3) is 10.9 Å². The summed E-state index contributed by atoms with van der Waals surface area (Å²) in [6, 6.07) is 15.3. The van der Waals surface area contributed by atoms with E-state index in [0.29, 0.717) is 5.56 Å². The number of carbonyl (C=O) groups excluding carboxylic acids is 1. The highest BCUT2D eigenvalue weighted by Gasteiger charge is 2.09. The van der Waals surface area contributed by atoms with Crippen LogP contribution in [0.5, 0.6) is 0 Å². The fourth-order valence-electron chi connectivity index (χ4n) is 2.20. The predicted molar refractivity (Wildman–Crippen MR) is 85.1 cm³/mol. The number of carbonyl (C=O) groups is 1. The van der Waals surface area contributed by atoms with Gasteiger partial charge in [0.1, 0.15) is 0 Å². The van der Waals surface area contributed by atoms with Crippen LogP contribution in [0, 0.1) is 6.92 Å². The molecule has 3 rings (SSSR count). The Morgan fingerprint density at radius 3 is 2.75 bits per heavy atom. The second-order valence-corrected chi connectivity index (χ2v) is 5.54. The second-order valence-electron chi connectivity index (χ2n) is 4.69. The number of halogens is 1. The Morgan fingerprint density at radius 1 is 1.15 bits per heavy atom. The minimum Gasteiger partial charge on any atom is -0.359 e. The van der Waals surface area contributed by atoms with Gasteiger partial charge in [-0.2, -0.15) is 0 Å². The van der Waals surface area contributed by atoms with E-state index in [0.717, 1.165) is 26.8 Å². The molecule has 4 heteroatoms. The van der Waals surface area contributed by atoms with Crippen molar-refractivity contribution in [3.8, 4) is 0 Å². The van der Waals surface area contributed by atoms with Crippen molar-refractivity contribution in [1.82, 2.24) is 4.98 Å². The van der Waals surface area contributed by atoms with Gasteiger partial charge in [0.2, 0.25) is 0 Å². The lowest BCUT2D eigenvalue weighted by Crippen LogP contribution is -2.12. The molecule has 0 fully saturated rings. The maximum Gasteiger partial charge on any atom is 0.256 e. The van der Waals surface area contributed by atoms with Gasteiger partial charge < -0.3 is 10.3 Å². The molecule has 2 N–H and O–H groups in total. The molecule has 1 aromatic heterocycles. The molecular weight excluding hydrogens is 316 g/mol. The quantitative estimate of drug-likeness (QED) is 0.715. The summed E-state index contributed by atoms with van der Waals surface area (Å²) in [7, 11) is 0. The minimum atomic E-state index is -0.121. The first-order valence-corrected chi connectivity index (χ1v) is 7.08. The molecule has 0 aliphatic heterocycles. The molecule has 0 aliphatic rings. The molecule has 1 amide bonds. The van der Waals surface area contributed by atoms with Crippen LogP contribution in [0.3, 0.4) is 0 Å². The van der Waals surface area contributed by atoms with E-state index in [4.69, 9.17) is 0 Å². The van der Waals surface area contributed by atoms with Crippen LogP contribution in [0.2, 0.25) is 0 Å². The summed E-state index contributed by atoms with van der Waals surface area (Å²) >= 11 is 3.39. The van der Waals surface area contributed by atoms with Crippen LogP contribution in [0.4, 0.5) is 5.69 Å². The molecule has 0 saturated carbocycles. The number of aryl methyl sites for hydroxylation is 1. The van der Waals surface area contributed by atoms with Crippen molar-refractivity contribution in [3.63, 3.8) is 0 Å². The molecule has 3 nitrogen and oxygen atoms in total. The van der Waals surface area contributed by atoms with Crippen molar-refractivity contribution in [2.45, 2.75) is 6.92 Å². The Balaban J connectivity index is 1.89. The number of hydrogen-bond donors (Lipinski definition) is 2. The Morgan fingerprint density at radius 2 is 1.95 bits per heavy atom. The predicted octanol–water partition coefficient (Wildman–Crippen LogP) is 4.49. The van der Waals surface area contributed by atoms with Crippen molar-refractivity contribution in [1.29, 1.82) is 0 Å². The number of benzene rings is 2. The average Bonchev–Trinajstić information content (AvgIpc) is 2.78. The lowest BCUT2D eigenvalue weighted by molar-refractivity contribution is 0.102. The first-order chi connectivity index (χ1) is 9.63. The summed E-state index contributed by atoms with van der Waals surface area (Å²) < 4.78 is 0.788. The lowest BCUT2D eigenvalue weighted by Gasteiger charge is -2.06. The highest BCUT2D eigenvalue weighted by Crippen LogP contribution is 2.22. The molecule has 100 valence electrons. The van der Waals surface area contributed by atoms with E-state index in [-0.39, 0.29) is 5.91 Å². The number of aromatic nitrogens is 1. The van der Waals surface area contributed by atoms with Crippen LogP contribution in [-0.2, 0) is 0 Å². The first kappa shape index (κ1) is 12.9. The molecule has 0 bridgehead atoms. The number of rotatable bonds is 2. The van der Waals surface area contributed by atoms with Crippen molar-refractivity contribution in [2.75, 3.05) is 5.32 Å². The molecule has 3 aromatic rings. The standard InChI is InChI=1S/C16H13BrN2O/c1-10-8-11-9-12(6-7-15(11)18-10)19-16(20)13-4-2-3-5-14(13)17/h2-9,18H,1H3,(H,19,20). The van der Waals surface area contributed by atoms with Gasteiger partial charge in [0, 0.05) is 26.8 Å². The van der Waals surface area contributed by atoms with Gasteiger partial charge in [-0.3, -0.25) is 4.79 Å². The highest BCUT2D eigenvalue weighted by molar-refractivity contribution is 9.10. The van der Waals surface area contributed by atoms with E-state index in [1.165, 1.54) is 0 Å². The van der Waals surface area contributed by atoms with Crippen molar-refractivity contribution < 1.29 is 4.79 Å². The molecule has 1 heterocycles. The number of fused-ring (bicyclic) bond motifs is 1. The largest absolute Gasteiger partial charge is 0.359 e. The monoisotopic (exact) mass is 328 g/mol. The maximum atomic E-state index is 12.2. The van der Waals surface area contributed by atoms with Gasteiger partial charge in [-0.1, -0.05) is 12.1 Å². The summed E-state index contributed by atoms with van der Waals surface area (Å²) in [5.41, 5.74) is 3.59. The Kier molecular flexibility index (Phi) is 3.32. The molecule has 20 heavy (non-hydrogen) atoms. The average molecular weight is 329 g/mol. The topological polar surface area (TPSA) is 44.9 Å². The summed E-state index contributed by atoms with van der Waals surface area (Å²) in [5, 5.41) is 4.01. The Bertz CT molecular complexity index is 792. The molecule has 0 unspecified atom stereocenters. The number of amides is 1. The smallest absolute Gasteiger partial charge is 0.256 e. The van der Waals surface area contributed by atoms with Gasteiger partial charge in [0.25, 0.3) is 5.91 Å².